The van der Waals surface area contributed by atoms with Crippen LogP contribution in [0.2, 0.25) is 34.8 Å². The fraction of sp³-hybridized carbons (Fsp3) is 0.275. The largest absolute Gasteiger partial charge is 0.540 e. The van der Waals surface area contributed by atoms with Gasteiger partial charge in [-0.2, -0.15) is 9.85 Å². The Balaban J connectivity index is 1.46. The number of hydrogen-bond acceptors (Lipinski definition) is 1. The van der Waals surface area contributed by atoms with E-state index >= 15 is 79.0 Å². The zero-order valence-electron chi connectivity index (χ0n) is 50.7. The SMILES string of the molecule is CC1=CC(C)([Si](C)(C)c2ccc3c(c2)C([B-](c2c(F)c(F)c(F)c4c(O[Si](C(C)C)(C(C)C)C(C)C)c(F)c(F)c(F)c24)(C2c4ccccc4-c4c(F)c(F)c(F)c(F)c42)C2c4ccccc4-c4c(F)c(F)c(F)c(F)c42)c2c(F)c(F)c(F)c(F)c2-3)C(C)=C1C. The van der Waals surface area contributed by atoms with Crippen LogP contribution in [0.5, 0.6) is 5.75 Å². The number of fused-ring (bicyclic) bond motifs is 10. The molecule has 0 heterocycles. The van der Waals surface area contributed by atoms with Crippen LogP contribution in [0, 0.1) is 105 Å². The maximum Gasteiger partial charge on any atom is 0.258 e. The summed E-state index contributed by atoms with van der Waals surface area (Å²) in [6.07, 6.45) is -3.63. The number of halogens is 18. The van der Waals surface area contributed by atoms with Gasteiger partial charge in [-0.05, 0) is 81.7 Å². The molecule has 0 bridgehead atoms. The molecule has 8 aromatic rings. The van der Waals surface area contributed by atoms with Gasteiger partial charge in [0.05, 0.1) is 19.6 Å². The molecule has 4 aliphatic carbocycles. The van der Waals surface area contributed by atoms with Gasteiger partial charge in [-0.25, -0.2) is 74.6 Å². The minimum atomic E-state index is -5.57. The van der Waals surface area contributed by atoms with E-state index in [2.05, 4.69) is 0 Å². The van der Waals surface area contributed by atoms with Crippen molar-refractivity contribution >= 4 is 44.0 Å². The van der Waals surface area contributed by atoms with E-state index in [1.807, 2.05) is 46.9 Å². The van der Waals surface area contributed by atoms with Crippen molar-refractivity contribution < 1.29 is 83.5 Å². The Morgan fingerprint density at radius 2 is 0.780 bits per heavy atom. The van der Waals surface area contributed by atoms with Crippen molar-refractivity contribution in [2.45, 2.75) is 121 Å². The molecule has 4 atom stereocenters. The smallest absolute Gasteiger partial charge is 0.258 e. The fourth-order valence-corrected chi connectivity index (χ4v) is 25.8. The van der Waals surface area contributed by atoms with Crippen LogP contribution in [0.15, 0.2) is 89.5 Å². The van der Waals surface area contributed by atoms with Crippen molar-refractivity contribution in [1.29, 1.82) is 0 Å². The Morgan fingerprint density at radius 1 is 0.418 bits per heavy atom. The molecule has 4 aliphatic rings. The maximum absolute atomic E-state index is 19.7. The lowest BCUT2D eigenvalue weighted by atomic mass is 9.04. The molecule has 0 saturated heterocycles. The Morgan fingerprint density at radius 3 is 1.19 bits per heavy atom. The third-order valence-electron chi connectivity index (χ3n) is 21.6. The van der Waals surface area contributed by atoms with E-state index in [0.717, 1.165) is 71.3 Å². The number of hydrogen-bond donors (Lipinski definition) is 0. The minimum absolute atomic E-state index is 0.217. The zero-order chi connectivity index (χ0) is 66.6. The summed E-state index contributed by atoms with van der Waals surface area (Å²) in [6.45, 7) is 20.5. The minimum Gasteiger partial charge on any atom is -0.540 e. The molecule has 22 heteroatoms. The van der Waals surface area contributed by atoms with E-state index in [9.17, 15) is 0 Å². The van der Waals surface area contributed by atoms with Crippen LogP contribution in [0.4, 0.5) is 79.0 Å². The van der Waals surface area contributed by atoms with Crippen LogP contribution in [0.1, 0.15) is 120 Å². The predicted octanol–water partition coefficient (Wildman–Crippen LogP) is 20.6. The molecule has 0 spiro atoms. The van der Waals surface area contributed by atoms with E-state index in [4.69, 9.17) is 4.43 Å². The molecule has 12 rings (SSSR count). The van der Waals surface area contributed by atoms with E-state index in [1.54, 1.807) is 41.5 Å². The van der Waals surface area contributed by atoms with Gasteiger partial charge < -0.3 is 4.43 Å². The second kappa shape index (κ2) is 21.0. The summed E-state index contributed by atoms with van der Waals surface area (Å²) in [7, 11) is -7.48. The molecule has 0 fully saturated rings. The molecule has 0 amide bonds. The molecule has 474 valence electrons. The highest BCUT2D eigenvalue weighted by molar-refractivity contribution is 6.99. The summed E-state index contributed by atoms with van der Waals surface area (Å²) in [6, 6.07) is 11.8. The lowest BCUT2D eigenvalue weighted by Crippen LogP contribution is -2.65. The van der Waals surface area contributed by atoms with Crippen molar-refractivity contribution in [1.82, 2.24) is 0 Å². The van der Waals surface area contributed by atoms with Crippen LogP contribution in [-0.2, 0) is 0 Å². The molecule has 0 saturated carbocycles. The topological polar surface area (TPSA) is 9.23 Å². The molecule has 4 unspecified atom stereocenters. The highest BCUT2D eigenvalue weighted by Gasteiger charge is 2.62. The molecule has 91 heavy (non-hydrogen) atoms. The van der Waals surface area contributed by atoms with Crippen LogP contribution >= 0.6 is 0 Å². The van der Waals surface area contributed by atoms with Crippen molar-refractivity contribution in [2.75, 3.05) is 0 Å². The summed E-state index contributed by atoms with van der Waals surface area (Å²) in [5, 5.41) is -4.54. The highest BCUT2D eigenvalue weighted by Crippen LogP contribution is 2.68. The first-order valence-electron chi connectivity index (χ1n) is 29.4. The van der Waals surface area contributed by atoms with Gasteiger partial charge in [0.15, 0.2) is 98.8 Å². The highest BCUT2D eigenvalue weighted by atomic mass is 28.4. The van der Waals surface area contributed by atoms with Crippen LogP contribution in [0.3, 0.4) is 0 Å². The molecule has 0 radical (unpaired) electrons. The quantitative estimate of drug-likeness (QED) is 0.0543. The second-order valence-corrected chi connectivity index (χ2v) is 36.6. The first kappa shape index (κ1) is 63.7. The van der Waals surface area contributed by atoms with Gasteiger partial charge in [0, 0.05) is 21.7 Å². The normalized spacial score (nSPS) is 19.0. The van der Waals surface area contributed by atoms with Crippen LogP contribution in [0.25, 0.3) is 44.2 Å². The summed E-state index contributed by atoms with van der Waals surface area (Å²) in [5.74, 6) is -56.3. The lowest BCUT2D eigenvalue weighted by molar-refractivity contribution is 0.401. The molecule has 0 aromatic heterocycles. The standard InChI is InChI=1S/C69H54BF18OSi2/c1-25(2)91(26(3)4,27(5)6)89-68-45-44(56(77)66(87)67(68)88)49(58(79)59(80)57(45)78)70(46-35-19-15-13-17-32(35)38-41(46)53(74)63(84)60(81)50(38)71,47-36-20-16-14-18-33(36)39-42(47)54(75)64(85)61(82)51(39)72)48-37-23-31(90(11,12)69(10)24-28(7)29(8)30(69)9)21-22-34(37)40-43(48)55(76)65(86)62(83)52(40)73/h13-27,46-48H,1-12H3/q-1. The van der Waals surface area contributed by atoms with Crippen LogP contribution in [-0.4, -0.2) is 22.5 Å². The fourth-order valence-electron chi connectivity index (χ4n) is 17.2. The van der Waals surface area contributed by atoms with E-state index < -0.39 is 255 Å². The van der Waals surface area contributed by atoms with Gasteiger partial charge in [-0.1, -0.05) is 167 Å². The van der Waals surface area contributed by atoms with Crippen LogP contribution < -0.4 is 15.1 Å². The molecule has 0 aliphatic heterocycles. The van der Waals surface area contributed by atoms with Gasteiger partial charge in [-0.3, -0.25) is 0 Å². The summed E-state index contributed by atoms with van der Waals surface area (Å²) >= 11 is 0. The van der Waals surface area contributed by atoms with Crippen molar-refractivity contribution in [2.24, 2.45) is 0 Å². The Hall–Kier alpha value is -7.46. The molecule has 0 N–H and O–H groups in total. The Bertz CT molecular complexity index is 4530. The Kier molecular flexibility index (Phi) is 14.7. The van der Waals surface area contributed by atoms with E-state index in [0.29, 0.717) is 0 Å². The average molecular weight is 1310 g/mol. The molecular formula is C69H54BF18OSi2-. The van der Waals surface area contributed by atoms with Crippen molar-refractivity contribution in [3.8, 4) is 39.1 Å². The maximum atomic E-state index is 19.7. The van der Waals surface area contributed by atoms with Gasteiger partial charge >= 0.3 is 0 Å². The van der Waals surface area contributed by atoms with Gasteiger partial charge in [0.1, 0.15) is 5.82 Å². The van der Waals surface area contributed by atoms with E-state index in [1.165, 1.54) is 12.1 Å². The molecule has 1 nitrogen and oxygen atoms in total. The van der Waals surface area contributed by atoms with Crippen molar-refractivity contribution in [3.05, 3.63) is 228 Å². The monoisotopic (exact) mass is 1310 g/mol. The van der Waals surface area contributed by atoms with Gasteiger partial charge in [0.25, 0.3) is 8.32 Å². The summed E-state index contributed by atoms with van der Waals surface area (Å²) in [5.41, 5.74) is -14.6. The summed E-state index contributed by atoms with van der Waals surface area (Å²) < 4.78 is 325. The zero-order valence-corrected chi connectivity index (χ0v) is 52.7. The Labute approximate surface area is 513 Å². The first-order chi connectivity index (χ1) is 42.6. The van der Waals surface area contributed by atoms with Crippen molar-refractivity contribution in [3.63, 3.8) is 0 Å². The van der Waals surface area contributed by atoms with Gasteiger partial charge in [-0.15, -0.1) is 17.5 Å². The van der Waals surface area contributed by atoms with Gasteiger partial charge in [0.2, 0.25) is 5.82 Å². The molecular weight excluding hydrogens is 1250 g/mol. The summed E-state index contributed by atoms with van der Waals surface area (Å²) in [4.78, 5) is 0. The number of allylic oxidation sites excluding steroid dienone is 4. The molecule has 8 aromatic carbocycles. The lowest BCUT2D eigenvalue weighted by Gasteiger charge is -2.57. The van der Waals surface area contributed by atoms with E-state index in [-0.39, 0.29) is 5.19 Å². The third-order valence-corrected chi connectivity index (χ3v) is 32.5. The number of rotatable bonds is 11. The predicted molar refractivity (Wildman–Crippen MR) is 319 cm³/mol. The average Bonchev–Trinajstić information content (AvgIpc) is 1.53. The second-order valence-electron chi connectivity index (χ2n) is 26.3. The first-order valence-corrected chi connectivity index (χ1v) is 34.5. The third kappa shape index (κ3) is 7.89. The number of benzene rings is 8.